The van der Waals surface area contributed by atoms with Gasteiger partial charge in [0.15, 0.2) is 0 Å². The van der Waals surface area contributed by atoms with Crippen molar-refractivity contribution in [3.05, 3.63) is 22.8 Å². The molecule has 0 spiro atoms. The number of nitrogens with one attached hydrogen (secondary N) is 1. The van der Waals surface area contributed by atoms with Crippen molar-refractivity contribution in [2.75, 3.05) is 24.5 Å². The van der Waals surface area contributed by atoms with Crippen LogP contribution in [0.3, 0.4) is 0 Å². The maximum Gasteiger partial charge on any atom is 0.147 e. The second-order valence-corrected chi connectivity index (χ2v) is 6.88. The Balaban J connectivity index is 1.68. The van der Waals surface area contributed by atoms with Gasteiger partial charge in [-0.25, -0.2) is 4.98 Å². The van der Waals surface area contributed by atoms with Crippen molar-refractivity contribution in [2.45, 2.75) is 45.6 Å². The van der Waals surface area contributed by atoms with Gasteiger partial charge >= 0.3 is 0 Å². The van der Waals surface area contributed by atoms with Gasteiger partial charge in [0.1, 0.15) is 5.82 Å². The minimum Gasteiger partial charge on any atom is -0.355 e. The number of hydrogen-bond acceptors (Lipinski definition) is 3. The van der Waals surface area contributed by atoms with E-state index >= 15 is 0 Å². The molecule has 1 aromatic rings. The van der Waals surface area contributed by atoms with Crippen molar-refractivity contribution >= 4 is 17.4 Å². The highest BCUT2D eigenvalue weighted by Crippen LogP contribution is 2.38. The average molecular weight is 308 g/mol. The Labute approximate surface area is 133 Å². The van der Waals surface area contributed by atoms with Crippen LogP contribution in [-0.4, -0.2) is 24.6 Å². The summed E-state index contributed by atoms with van der Waals surface area (Å²) in [6.45, 7) is 6.17. The predicted octanol–water partition coefficient (Wildman–Crippen LogP) is 3.86. The molecular formula is C17H26ClN3. The van der Waals surface area contributed by atoms with Gasteiger partial charge in [0, 0.05) is 25.8 Å². The Morgan fingerprint density at radius 1 is 1.29 bits per heavy atom. The van der Waals surface area contributed by atoms with Gasteiger partial charge in [-0.1, -0.05) is 37.8 Å². The summed E-state index contributed by atoms with van der Waals surface area (Å²) >= 11 is 6.48. The molecule has 4 heteroatoms. The van der Waals surface area contributed by atoms with Gasteiger partial charge in [0.25, 0.3) is 0 Å². The Kier molecular flexibility index (Phi) is 5.02. The van der Waals surface area contributed by atoms with E-state index in [1.807, 2.05) is 6.20 Å². The lowest BCUT2D eigenvalue weighted by Crippen LogP contribution is -2.42. The molecule has 21 heavy (non-hydrogen) atoms. The predicted molar refractivity (Wildman–Crippen MR) is 88.9 cm³/mol. The second kappa shape index (κ2) is 6.97. The minimum atomic E-state index is 0.805. The molecule has 1 saturated carbocycles. The Morgan fingerprint density at radius 2 is 2.10 bits per heavy atom. The largest absolute Gasteiger partial charge is 0.355 e. The summed E-state index contributed by atoms with van der Waals surface area (Å²) in [5.41, 5.74) is 1.16. The number of nitrogens with zero attached hydrogens (tertiary/aromatic N) is 2. The van der Waals surface area contributed by atoms with Crippen molar-refractivity contribution in [2.24, 2.45) is 11.8 Å². The number of pyridine rings is 1. The van der Waals surface area contributed by atoms with Crippen LogP contribution < -0.4 is 10.2 Å². The molecule has 2 fully saturated rings. The standard InChI is InChI=1S/C17H26ClN3/c1-2-19-10-13-9-16(18)17(20-11-13)21-8-7-14-5-3-4-6-15(14)12-21/h9,11,14-15,19H,2-8,10,12H2,1H3. The van der Waals surface area contributed by atoms with Crippen LogP contribution in [-0.2, 0) is 6.54 Å². The first-order valence-corrected chi connectivity index (χ1v) is 8.75. The first-order chi connectivity index (χ1) is 10.3. The topological polar surface area (TPSA) is 28.2 Å². The van der Waals surface area contributed by atoms with Crippen molar-refractivity contribution in [3.8, 4) is 0 Å². The molecule has 1 aromatic heterocycles. The number of fused-ring (bicyclic) bond motifs is 1. The highest BCUT2D eigenvalue weighted by Gasteiger charge is 2.32. The summed E-state index contributed by atoms with van der Waals surface area (Å²) in [4.78, 5) is 7.05. The minimum absolute atomic E-state index is 0.805. The van der Waals surface area contributed by atoms with Crippen LogP contribution in [0.1, 0.15) is 44.6 Å². The Morgan fingerprint density at radius 3 is 2.86 bits per heavy atom. The monoisotopic (exact) mass is 307 g/mol. The van der Waals surface area contributed by atoms with Gasteiger partial charge in [-0.2, -0.15) is 0 Å². The fourth-order valence-corrected chi connectivity index (χ4v) is 4.17. The summed E-state index contributed by atoms with van der Waals surface area (Å²) in [6, 6.07) is 2.07. The van der Waals surface area contributed by atoms with Crippen molar-refractivity contribution in [1.82, 2.24) is 10.3 Å². The normalized spacial score (nSPS) is 25.7. The second-order valence-electron chi connectivity index (χ2n) is 6.47. The van der Waals surface area contributed by atoms with Crippen LogP contribution in [0.5, 0.6) is 0 Å². The molecule has 1 aliphatic carbocycles. The zero-order valence-electron chi connectivity index (χ0n) is 12.9. The molecule has 116 valence electrons. The summed E-state index contributed by atoms with van der Waals surface area (Å²) in [7, 11) is 0. The smallest absolute Gasteiger partial charge is 0.147 e. The van der Waals surface area contributed by atoms with E-state index in [-0.39, 0.29) is 0 Å². The molecule has 0 bridgehead atoms. The first-order valence-electron chi connectivity index (χ1n) is 8.38. The highest BCUT2D eigenvalue weighted by atomic mass is 35.5. The molecule has 0 aromatic carbocycles. The molecule has 2 atom stereocenters. The average Bonchev–Trinajstić information content (AvgIpc) is 2.52. The molecular weight excluding hydrogens is 282 g/mol. The molecule has 0 radical (unpaired) electrons. The number of piperidine rings is 1. The third-order valence-corrected chi connectivity index (χ3v) is 5.33. The van der Waals surface area contributed by atoms with E-state index in [1.165, 1.54) is 32.1 Å². The van der Waals surface area contributed by atoms with E-state index in [9.17, 15) is 0 Å². The first kappa shape index (κ1) is 15.1. The van der Waals surface area contributed by atoms with E-state index in [1.54, 1.807) is 0 Å². The van der Waals surface area contributed by atoms with E-state index in [0.29, 0.717) is 0 Å². The number of halogens is 1. The van der Waals surface area contributed by atoms with Crippen LogP contribution in [0.4, 0.5) is 5.82 Å². The van der Waals surface area contributed by atoms with Crippen LogP contribution >= 0.6 is 11.6 Å². The van der Waals surface area contributed by atoms with Gasteiger partial charge in [-0.3, -0.25) is 0 Å². The number of rotatable bonds is 4. The SMILES string of the molecule is CCNCc1cnc(N2CCC3CCCCC3C2)c(Cl)c1. The lowest BCUT2D eigenvalue weighted by molar-refractivity contribution is 0.202. The van der Waals surface area contributed by atoms with Crippen LogP contribution in [0, 0.1) is 11.8 Å². The molecule has 2 heterocycles. The van der Waals surface area contributed by atoms with E-state index in [4.69, 9.17) is 11.6 Å². The van der Waals surface area contributed by atoms with Gasteiger partial charge in [0.2, 0.25) is 0 Å². The molecule has 1 saturated heterocycles. The van der Waals surface area contributed by atoms with Crippen molar-refractivity contribution in [1.29, 1.82) is 0 Å². The molecule has 3 nitrogen and oxygen atoms in total. The Bertz CT molecular complexity index is 477. The van der Waals surface area contributed by atoms with Gasteiger partial charge in [0.05, 0.1) is 5.02 Å². The summed E-state index contributed by atoms with van der Waals surface area (Å²) < 4.78 is 0. The summed E-state index contributed by atoms with van der Waals surface area (Å²) in [6.07, 6.45) is 8.92. The lowest BCUT2D eigenvalue weighted by Gasteiger charge is -2.42. The molecule has 2 aliphatic rings. The van der Waals surface area contributed by atoms with Gasteiger partial charge in [-0.15, -0.1) is 0 Å². The fourth-order valence-electron chi connectivity index (χ4n) is 3.86. The van der Waals surface area contributed by atoms with Gasteiger partial charge < -0.3 is 10.2 Å². The third-order valence-electron chi connectivity index (χ3n) is 5.05. The quantitative estimate of drug-likeness (QED) is 0.915. The fraction of sp³-hybridized carbons (Fsp3) is 0.706. The van der Waals surface area contributed by atoms with E-state index < -0.39 is 0 Å². The molecule has 1 aliphatic heterocycles. The summed E-state index contributed by atoms with van der Waals surface area (Å²) in [5, 5.41) is 4.12. The lowest BCUT2D eigenvalue weighted by atomic mass is 9.75. The van der Waals surface area contributed by atoms with Crippen molar-refractivity contribution in [3.63, 3.8) is 0 Å². The number of hydrogen-bond donors (Lipinski definition) is 1. The van der Waals surface area contributed by atoms with E-state index in [0.717, 1.165) is 54.4 Å². The molecule has 3 rings (SSSR count). The van der Waals surface area contributed by atoms with Gasteiger partial charge in [-0.05, 0) is 42.9 Å². The van der Waals surface area contributed by atoms with E-state index in [2.05, 4.69) is 28.2 Å². The molecule has 2 unspecified atom stereocenters. The molecule has 0 amide bonds. The zero-order chi connectivity index (χ0) is 14.7. The maximum atomic E-state index is 6.48. The number of aromatic nitrogens is 1. The highest BCUT2D eigenvalue weighted by molar-refractivity contribution is 6.33. The third kappa shape index (κ3) is 3.51. The van der Waals surface area contributed by atoms with Crippen LogP contribution in [0.2, 0.25) is 5.02 Å². The molecule has 1 N–H and O–H groups in total. The Hall–Kier alpha value is -0.800. The summed E-state index contributed by atoms with van der Waals surface area (Å²) in [5.74, 6) is 2.79. The zero-order valence-corrected chi connectivity index (χ0v) is 13.7. The van der Waals surface area contributed by atoms with Crippen molar-refractivity contribution < 1.29 is 0 Å². The van der Waals surface area contributed by atoms with Crippen LogP contribution in [0.15, 0.2) is 12.3 Å². The van der Waals surface area contributed by atoms with Crippen LogP contribution in [0.25, 0.3) is 0 Å². The number of anilines is 1. The maximum absolute atomic E-state index is 6.48.